The third-order valence-electron chi connectivity index (χ3n) is 6.69. The molecule has 1 fully saturated rings. The Kier molecular flexibility index (Phi) is 6.42. The van der Waals surface area contributed by atoms with Crippen molar-refractivity contribution in [2.45, 2.75) is 19.5 Å². The number of rotatable bonds is 7. The molecule has 0 aromatic heterocycles. The lowest BCUT2D eigenvalue weighted by molar-refractivity contribution is -0.119. The van der Waals surface area contributed by atoms with Gasteiger partial charge in [0.25, 0.3) is 5.91 Å². The van der Waals surface area contributed by atoms with E-state index >= 15 is 0 Å². The molecule has 1 atom stereocenters. The van der Waals surface area contributed by atoms with Crippen molar-refractivity contribution >= 4 is 34.6 Å². The summed E-state index contributed by atoms with van der Waals surface area (Å²) in [5.74, 6) is 0.422. The quantitative estimate of drug-likeness (QED) is 0.542. The minimum atomic E-state index is -0.271. The van der Waals surface area contributed by atoms with Crippen LogP contribution in [0.1, 0.15) is 22.8 Å². The van der Waals surface area contributed by atoms with Crippen molar-refractivity contribution in [3.8, 4) is 0 Å². The van der Waals surface area contributed by atoms with Gasteiger partial charge in [0.15, 0.2) is 0 Å². The molecule has 7 nitrogen and oxygen atoms in total. The summed E-state index contributed by atoms with van der Waals surface area (Å²) in [4.78, 5) is 29.2. The average Bonchev–Trinajstić information content (AvgIpc) is 2.85. The standard InChI is InChI=1S/C28H30N4O3/c1-19-28(34)31(2)25-13-12-24(14-26(25)32(19)16-20-6-4-3-5-7-20)30-23-10-8-22(9-11-23)27(33)29-15-21-17-35-18-21/h3-14,19,21,30H,15-18H2,1-2H3,(H,29,33). The molecule has 180 valence electrons. The van der Waals surface area contributed by atoms with Gasteiger partial charge in [0.2, 0.25) is 5.91 Å². The molecule has 3 aromatic carbocycles. The van der Waals surface area contributed by atoms with E-state index in [1.165, 1.54) is 0 Å². The number of amides is 2. The molecule has 1 saturated heterocycles. The van der Waals surface area contributed by atoms with Gasteiger partial charge < -0.3 is 25.2 Å². The Morgan fingerprint density at radius 1 is 0.971 bits per heavy atom. The molecule has 2 amide bonds. The summed E-state index contributed by atoms with van der Waals surface area (Å²) in [5.41, 5.74) is 5.47. The molecular formula is C28H30N4O3. The zero-order valence-corrected chi connectivity index (χ0v) is 20.0. The Bertz CT molecular complexity index is 1210. The fraction of sp³-hybridized carbons (Fsp3) is 0.286. The van der Waals surface area contributed by atoms with Gasteiger partial charge >= 0.3 is 0 Å². The van der Waals surface area contributed by atoms with Crippen molar-refractivity contribution in [3.05, 3.63) is 83.9 Å². The van der Waals surface area contributed by atoms with Crippen molar-refractivity contribution in [2.24, 2.45) is 5.92 Å². The number of benzene rings is 3. The number of likely N-dealkylation sites (N-methyl/N-ethyl adjacent to an activating group) is 1. The zero-order valence-electron chi connectivity index (χ0n) is 20.0. The minimum Gasteiger partial charge on any atom is -0.381 e. The predicted octanol–water partition coefficient (Wildman–Crippen LogP) is 4.18. The van der Waals surface area contributed by atoms with Crippen molar-refractivity contribution in [1.82, 2.24) is 5.32 Å². The summed E-state index contributed by atoms with van der Waals surface area (Å²) in [6.45, 7) is 4.68. The Labute approximate surface area is 205 Å². The highest BCUT2D eigenvalue weighted by atomic mass is 16.5. The zero-order chi connectivity index (χ0) is 24.4. The summed E-state index contributed by atoms with van der Waals surface area (Å²) in [6, 6.07) is 23.4. The van der Waals surface area contributed by atoms with E-state index in [0.29, 0.717) is 24.6 Å². The third-order valence-corrected chi connectivity index (χ3v) is 6.69. The number of fused-ring (bicyclic) bond motifs is 1. The van der Waals surface area contributed by atoms with Gasteiger partial charge in [-0.25, -0.2) is 0 Å². The van der Waals surface area contributed by atoms with E-state index in [-0.39, 0.29) is 17.9 Å². The van der Waals surface area contributed by atoms with Crippen molar-refractivity contribution < 1.29 is 14.3 Å². The van der Waals surface area contributed by atoms with Crippen LogP contribution < -0.4 is 20.4 Å². The van der Waals surface area contributed by atoms with Gasteiger partial charge in [-0.15, -0.1) is 0 Å². The van der Waals surface area contributed by atoms with Crippen LogP contribution in [0.2, 0.25) is 0 Å². The van der Waals surface area contributed by atoms with E-state index in [1.54, 1.807) is 4.90 Å². The monoisotopic (exact) mass is 470 g/mol. The Balaban J connectivity index is 1.33. The molecule has 2 aliphatic rings. The second kappa shape index (κ2) is 9.80. The molecule has 0 bridgehead atoms. The average molecular weight is 471 g/mol. The van der Waals surface area contributed by atoms with Crippen LogP contribution >= 0.6 is 0 Å². The van der Waals surface area contributed by atoms with Gasteiger partial charge in [0.05, 0.1) is 24.6 Å². The maximum Gasteiger partial charge on any atom is 0.251 e. The number of carbonyl (C=O) groups excluding carboxylic acids is 2. The first kappa shape index (κ1) is 22.9. The molecule has 0 saturated carbocycles. The molecule has 7 heteroatoms. The molecule has 2 aliphatic heterocycles. The van der Waals surface area contributed by atoms with E-state index in [2.05, 4.69) is 33.7 Å². The molecule has 0 aliphatic carbocycles. The fourth-order valence-corrected chi connectivity index (χ4v) is 4.47. The van der Waals surface area contributed by atoms with Crippen LogP contribution in [0, 0.1) is 5.92 Å². The van der Waals surface area contributed by atoms with E-state index in [1.807, 2.05) is 68.6 Å². The highest BCUT2D eigenvalue weighted by Gasteiger charge is 2.33. The predicted molar refractivity (Wildman–Crippen MR) is 138 cm³/mol. The Morgan fingerprint density at radius 2 is 1.69 bits per heavy atom. The summed E-state index contributed by atoms with van der Waals surface area (Å²) in [5, 5.41) is 6.40. The highest BCUT2D eigenvalue weighted by Crippen LogP contribution is 2.39. The molecular weight excluding hydrogens is 440 g/mol. The first-order valence-corrected chi connectivity index (χ1v) is 11.9. The Hall–Kier alpha value is -3.84. The molecule has 2 N–H and O–H groups in total. The van der Waals surface area contributed by atoms with Crippen LogP contribution in [-0.2, 0) is 16.1 Å². The molecule has 3 aromatic rings. The highest BCUT2D eigenvalue weighted by molar-refractivity contribution is 6.05. The maximum absolute atomic E-state index is 12.9. The van der Waals surface area contributed by atoms with E-state index in [4.69, 9.17) is 4.74 Å². The lowest BCUT2D eigenvalue weighted by Gasteiger charge is -2.40. The molecule has 1 unspecified atom stereocenters. The summed E-state index contributed by atoms with van der Waals surface area (Å²) < 4.78 is 5.15. The largest absolute Gasteiger partial charge is 0.381 e. The summed E-state index contributed by atoms with van der Waals surface area (Å²) in [7, 11) is 1.83. The van der Waals surface area contributed by atoms with Crippen LogP contribution in [0.4, 0.5) is 22.7 Å². The molecule has 5 rings (SSSR count). The number of hydrogen-bond acceptors (Lipinski definition) is 5. The van der Waals surface area contributed by atoms with Crippen molar-refractivity contribution in [1.29, 1.82) is 0 Å². The molecule has 0 spiro atoms. The summed E-state index contributed by atoms with van der Waals surface area (Å²) >= 11 is 0. The van der Waals surface area contributed by atoms with Crippen LogP contribution in [0.5, 0.6) is 0 Å². The summed E-state index contributed by atoms with van der Waals surface area (Å²) in [6.07, 6.45) is 0. The number of nitrogens with zero attached hydrogens (tertiary/aromatic N) is 2. The van der Waals surface area contributed by atoms with Crippen LogP contribution in [0.15, 0.2) is 72.8 Å². The van der Waals surface area contributed by atoms with Crippen LogP contribution in [0.3, 0.4) is 0 Å². The first-order valence-electron chi connectivity index (χ1n) is 11.9. The molecule has 2 heterocycles. The Morgan fingerprint density at radius 3 is 2.37 bits per heavy atom. The van der Waals surface area contributed by atoms with Gasteiger partial charge in [0, 0.05) is 43.0 Å². The number of ether oxygens (including phenoxy) is 1. The lowest BCUT2D eigenvalue weighted by Crippen LogP contribution is -2.50. The van der Waals surface area contributed by atoms with Crippen LogP contribution in [0.25, 0.3) is 0 Å². The van der Waals surface area contributed by atoms with E-state index < -0.39 is 0 Å². The van der Waals surface area contributed by atoms with Gasteiger partial charge in [0.1, 0.15) is 6.04 Å². The van der Waals surface area contributed by atoms with Crippen LogP contribution in [-0.4, -0.2) is 44.7 Å². The van der Waals surface area contributed by atoms with E-state index in [9.17, 15) is 9.59 Å². The number of anilines is 4. The van der Waals surface area contributed by atoms with Gasteiger partial charge in [-0.2, -0.15) is 0 Å². The number of nitrogens with one attached hydrogen (secondary N) is 2. The normalized spacial score (nSPS) is 17.5. The first-order chi connectivity index (χ1) is 17.0. The SMILES string of the molecule is CC1C(=O)N(C)c2ccc(Nc3ccc(C(=O)NCC4COC4)cc3)cc2N1Cc1ccccc1. The number of carbonyl (C=O) groups is 2. The fourth-order valence-electron chi connectivity index (χ4n) is 4.47. The third kappa shape index (κ3) is 4.86. The van der Waals surface area contributed by atoms with Crippen molar-refractivity contribution in [3.63, 3.8) is 0 Å². The molecule has 35 heavy (non-hydrogen) atoms. The maximum atomic E-state index is 12.9. The topological polar surface area (TPSA) is 73.9 Å². The number of hydrogen-bond donors (Lipinski definition) is 2. The van der Waals surface area contributed by atoms with Gasteiger partial charge in [-0.3, -0.25) is 9.59 Å². The molecule has 0 radical (unpaired) electrons. The van der Waals surface area contributed by atoms with Gasteiger partial charge in [-0.1, -0.05) is 30.3 Å². The van der Waals surface area contributed by atoms with Gasteiger partial charge in [-0.05, 0) is 55.0 Å². The second-order valence-corrected chi connectivity index (χ2v) is 9.21. The smallest absolute Gasteiger partial charge is 0.251 e. The van der Waals surface area contributed by atoms with Crippen molar-refractivity contribution in [2.75, 3.05) is 41.9 Å². The minimum absolute atomic E-state index is 0.0736. The lowest BCUT2D eigenvalue weighted by atomic mass is 10.0. The second-order valence-electron chi connectivity index (χ2n) is 9.21. The van der Waals surface area contributed by atoms with E-state index in [0.717, 1.165) is 41.5 Å².